The highest BCUT2D eigenvalue weighted by Crippen LogP contribution is 2.21. The van der Waals surface area contributed by atoms with E-state index in [1.165, 1.54) is 6.92 Å². The Balaban J connectivity index is 2.46. The van der Waals surface area contributed by atoms with E-state index in [0.717, 1.165) is 25.1 Å². The molecule has 19 heavy (non-hydrogen) atoms. The number of nitrogens with one attached hydrogen (secondary N) is 2. The molecule has 1 unspecified atom stereocenters. The van der Waals surface area contributed by atoms with Gasteiger partial charge < -0.3 is 10.3 Å². The first-order chi connectivity index (χ1) is 8.81. The second kappa shape index (κ2) is 7.14. The number of alkyl halides is 3. The van der Waals surface area contributed by atoms with Gasteiger partial charge in [-0.3, -0.25) is 0 Å². The van der Waals surface area contributed by atoms with Crippen molar-refractivity contribution in [1.82, 2.24) is 15.3 Å². The molecule has 0 aliphatic rings. The topological polar surface area (TPSA) is 40.7 Å². The van der Waals surface area contributed by atoms with Crippen molar-refractivity contribution in [2.45, 2.75) is 58.3 Å². The van der Waals surface area contributed by atoms with Crippen LogP contribution in [-0.2, 0) is 13.0 Å². The van der Waals surface area contributed by atoms with Crippen LogP contribution in [0.3, 0.4) is 0 Å². The summed E-state index contributed by atoms with van der Waals surface area (Å²) >= 11 is 5.94. The molecule has 0 saturated carbocycles. The number of hydrogen-bond acceptors (Lipinski definition) is 2. The van der Waals surface area contributed by atoms with Crippen molar-refractivity contribution in [2.24, 2.45) is 0 Å². The minimum Gasteiger partial charge on any atom is -0.344 e. The molecule has 3 nitrogen and oxygen atoms in total. The van der Waals surface area contributed by atoms with E-state index in [9.17, 15) is 13.2 Å². The summed E-state index contributed by atoms with van der Waals surface area (Å²) in [7, 11) is 0. The van der Waals surface area contributed by atoms with Crippen molar-refractivity contribution in [3.05, 3.63) is 16.7 Å². The number of hydrogen-bond donors (Lipinski definition) is 2. The molecule has 0 aliphatic heterocycles. The Hall–Kier alpha value is -0.750. The van der Waals surface area contributed by atoms with Crippen molar-refractivity contribution in [3.63, 3.8) is 0 Å². The van der Waals surface area contributed by atoms with E-state index in [0.29, 0.717) is 10.8 Å². The Morgan fingerprint density at radius 2 is 2.11 bits per heavy atom. The van der Waals surface area contributed by atoms with Crippen molar-refractivity contribution in [2.75, 3.05) is 0 Å². The smallest absolute Gasteiger partial charge is 0.344 e. The average Bonchev–Trinajstić information content (AvgIpc) is 2.62. The molecule has 0 aromatic carbocycles. The van der Waals surface area contributed by atoms with Gasteiger partial charge >= 0.3 is 6.18 Å². The third-order valence-electron chi connectivity index (χ3n) is 2.71. The molecule has 1 atom stereocenters. The fourth-order valence-corrected chi connectivity index (χ4v) is 1.93. The maximum atomic E-state index is 12.2. The van der Waals surface area contributed by atoms with Crippen LogP contribution in [0.2, 0.25) is 5.15 Å². The minimum absolute atomic E-state index is 0.259. The first kappa shape index (κ1) is 16.3. The number of nitrogens with zero attached hydrogens (tertiary/aromatic N) is 1. The summed E-state index contributed by atoms with van der Waals surface area (Å²) in [6, 6.07) is -0.654. The summed E-state index contributed by atoms with van der Waals surface area (Å²) < 4.78 is 36.5. The van der Waals surface area contributed by atoms with E-state index in [-0.39, 0.29) is 6.54 Å². The number of halogens is 4. The third-order valence-corrected chi connectivity index (χ3v) is 3.02. The highest BCUT2D eigenvalue weighted by atomic mass is 35.5. The molecule has 1 heterocycles. The van der Waals surface area contributed by atoms with E-state index in [1.54, 1.807) is 0 Å². The lowest BCUT2D eigenvalue weighted by molar-refractivity contribution is -0.139. The lowest BCUT2D eigenvalue weighted by Gasteiger charge is -2.15. The zero-order valence-electron chi connectivity index (χ0n) is 11.1. The van der Waals surface area contributed by atoms with Crippen molar-refractivity contribution < 1.29 is 13.2 Å². The number of aromatic amines is 1. The van der Waals surface area contributed by atoms with Crippen LogP contribution >= 0.6 is 11.6 Å². The van der Waals surface area contributed by atoms with Gasteiger partial charge in [0.15, 0.2) is 5.15 Å². The summed E-state index contributed by atoms with van der Waals surface area (Å²) in [6.07, 6.45) is -2.16. The molecule has 7 heteroatoms. The van der Waals surface area contributed by atoms with Gasteiger partial charge in [-0.15, -0.1) is 0 Å². The summed E-state index contributed by atoms with van der Waals surface area (Å²) in [5.74, 6) is 0.784. The van der Waals surface area contributed by atoms with Crippen LogP contribution in [0.25, 0.3) is 0 Å². The molecule has 1 aromatic heterocycles. The molecule has 110 valence electrons. The molecule has 2 N–H and O–H groups in total. The Kier molecular flexibility index (Phi) is 6.13. The highest BCUT2D eigenvalue weighted by molar-refractivity contribution is 6.30. The van der Waals surface area contributed by atoms with Gasteiger partial charge in [-0.05, 0) is 13.3 Å². The maximum absolute atomic E-state index is 12.2. The number of aromatic nitrogens is 2. The summed E-state index contributed by atoms with van der Waals surface area (Å²) in [5, 5.41) is 3.12. The number of H-pyrrole nitrogens is 1. The van der Waals surface area contributed by atoms with Gasteiger partial charge in [0.05, 0.1) is 12.1 Å². The van der Waals surface area contributed by atoms with Gasteiger partial charge in [0, 0.05) is 19.0 Å². The number of rotatable bonds is 7. The van der Waals surface area contributed by atoms with Gasteiger partial charge in [0.1, 0.15) is 5.82 Å². The number of imidazole rings is 1. The van der Waals surface area contributed by atoms with Crippen LogP contribution in [-0.4, -0.2) is 22.2 Å². The van der Waals surface area contributed by atoms with Crippen LogP contribution < -0.4 is 5.32 Å². The van der Waals surface area contributed by atoms with Gasteiger partial charge in [-0.1, -0.05) is 24.9 Å². The molecule has 1 aromatic rings. The second-order valence-electron chi connectivity index (χ2n) is 4.66. The zero-order valence-corrected chi connectivity index (χ0v) is 11.8. The molecule has 0 spiro atoms. The predicted molar refractivity (Wildman–Crippen MR) is 69.2 cm³/mol. The fraction of sp³-hybridized carbons (Fsp3) is 0.750. The third kappa shape index (κ3) is 6.29. The first-order valence-corrected chi connectivity index (χ1v) is 6.73. The molecular weight excluding hydrogens is 279 g/mol. The van der Waals surface area contributed by atoms with Crippen LogP contribution in [0.15, 0.2) is 0 Å². The van der Waals surface area contributed by atoms with Crippen LogP contribution in [0.1, 0.15) is 44.6 Å². The van der Waals surface area contributed by atoms with Crippen molar-refractivity contribution in [3.8, 4) is 0 Å². The standard InChI is InChI=1S/C12H19ClF3N3/c1-3-4-5-10-18-9(11(13)19-10)7-17-8(2)6-12(14,15)16/h8,17H,3-7H2,1-2H3,(H,18,19). The molecule has 0 aliphatic carbocycles. The quantitative estimate of drug-likeness (QED) is 0.803. The number of aryl methyl sites for hydroxylation is 1. The van der Waals surface area contributed by atoms with E-state index in [4.69, 9.17) is 11.6 Å². The molecule has 0 amide bonds. The molecule has 0 bridgehead atoms. The molecule has 1 rings (SSSR count). The normalized spacial score (nSPS) is 13.8. The van der Waals surface area contributed by atoms with Crippen LogP contribution in [0, 0.1) is 0 Å². The molecular formula is C12H19ClF3N3. The Labute approximate surface area is 115 Å². The van der Waals surface area contributed by atoms with Gasteiger partial charge in [0.2, 0.25) is 0 Å². The Morgan fingerprint density at radius 3 is 2.68 bits per heavy atom. The predicted octanol–water partition coefficient (Wildman–Crippen LogP) is 3.84. The molecule has 0 saturated heterocycles. The van der Waals surface area contributed by atoms with E-state index in [2.05, 4.69) is 22.2 Å². The lowest BCUT2D eigenvalue weighted by Crippen LogP contribution is -2.30. The summed E-state index contributed by atoms with van der Waals surface area (Å²) in [4.78, 5) is 7.20. The van der Waals surface area contributed by atoms with Crippen molar-refractivity contribution >= 4 is 11.6 Å². The van der Waals surface area contributed by atoms with Crippen LogP contribution in [0.5, 0.6) is 0 Å². The summed E-state index contributed by atoms with van der Waals surface area (Å²) in [5.41, 5.74) is 0.641. The summed E-state index contributed by atoms with van der Waals surface area (Å²) in [6.45, 7) is 3.83. The van der Waals surface area contributed by atoms with E-state index in [1.807, 2.05) is 0 Å². The molecule has 0 radical (unpaired) electrons. The van der Waals surface area contributed by atoms with Gasteiger partial charge in [-0.2, -0.15) is 13.2 Å². The largest absolute Gasteiger partial charge is 0.390 e. The van der Waals surface area contributed by atoms with E-state index >= 15 is 0 Å². The monoisotopic (exact) mass is 297 g/mol. The SMILES string of the molecule is CCCCc1nc(Cl)c(CNC(C)CC(F)(F)F)[nH]1. The second-order valence-corrected chi connectivity index (χ2v) is 5.02. The maximum Gasteiger partial charge on any atom is 0.390 e. The van der Waals surface area contributed by atoms with Gasteiger partial charge in [0.25, 0.3) is 0 Å². The average molecular weight is 298 g/mol. The lowest BCUT2D eigenvalue weighted by atomic mass is 10.2. The van der Waals surface area contributed by atoms with Crippen LogP contribution in [0.4, 0.5) is 13.2 Å². The number of unbranched alkanes of at least 4 members (excludes halogenated alkanes) is 1. The minimum atomic E-state index is -4.16. The first-order valence-electron chi connectivity index (χ1n) is 6.35. The Bertz CT molecular complexity index is 390. The Morgan fingerprint density at radius 1 is 1.42 bits per heavy atom. The molecule has 0 fully saturated rings. The van der Waals surface area contributed by atoms with E-state index < -0.39 is 18.6 Å². The highest BCUT2D eigenvalue weighted by Gasteiger charge is 2.29. The van der Waals surface area contributed by atoms with Gasteiger partial charge in [-0.25, -0.2) is 4.98 Å². The fourth-order valence-electron chi connectivity index (χ4n) is 1.72. The van der Waals surface area contributed by atoms with Crippen molar-refractivity contribution in [1.29, 1.82) is 0 Å². The zero-order chi connectivity index (χ0) is 14.5.